The van der Waals surface area contributed by atoms with Crippen molar-refractivity contribution < 1.29 is 4.42 Å². The van der Waals surface area contributed by atoms with Crippen LogP contribution in [0, 0.1) is 0 Å². The second-order valence-electron chi connectivity index (χ2n) is 3.96. The van der Waals surface area contributed by atoms with E-state index in [9.17, 15) is 0 Å². The lowest BCUT2D eigenvalue weighted by molar-refractivity contribution is 0.506. The second kappa shape index (κ2) is 9.88. The maximum atomic E-state index is 5.27. The van der Waals surface area contributed by atoms with Gasteiger partial charge in [-0.3, -0.25) is 4.99 Å². The number of hydrogen-bond donors (Lipinski definition) is 2. The maximum Gasteiger partial charge on any atom is 0.190 e. The first-order chi connectivity index (χ1) is 8.86. The van der Waals surface area contributed by atoms with Crippen LogP contribution in [0.25, 0.3) is 0 Å². The highest BCUT2D eigenvalue weighted by molar-refractivity contribution is 7.98. The standard InChI is InChI=1S/C13H23N3OS/c1-14-13(15-8-3-4-11-18-2)16-9-7-12-6-5-10-17-12/h5-6,10H,3-4,7-9,11H2,1-2H3,(H2,14,15,16). The lowest BCUT2D eigenvalue weighted by atomic mass is 10.3. The zero-order valence-corrected chi connectivity index (χ0v) is 12.1. The largest absolute Gasteiger partial charge is 0.469 e. The summed E-state index contributed by atoms with van der Waals surface area (Å²) < 4.78 is 5.27. The van der Waals surface area contributed by atoms with Crippen LogP contribution in [-0.2, 0) is 6.42 Å². The Balaban J connectivity index is 2.06. The first kappa shape index (κ1) is 15.0. The molecule has 5 heteroatoms. The van der Waals surface area contributed by atoms with E-state index in [-0.39, 0.29) is 0 Å². The summed E-state index contributed by atoms with van der Waals surface area (Å²) in [7, 11) is 1.80. The molecule has 0 bridgehead atoms. The third-order valence-electron chi connectivity index (χ3n) is 2.54. The van der Waals surface area contributed by atoms with Crippen LogP contribution in [0.4, 0.5) is 0 Å². The summed E-state index contributed by atoms with van der Waals surface area (Å²) in [5.41, 5.74) is 0. The van der Waals surface area contributed by atoms with E-state index in [2.05, 4.69) is 21.9 Å². The third kappa shape index (κ3) is 6.59. The summed E-state index contributed by atoms with van der Waals surface area (Å²) in [5, 5.41) is 6.58. The van der Waals surface area contributed by atoms with Crippen molar-refractivity contribution in [1.82, 2.24) is 10.6 Å². The average molecular weight is 269 g/mol. The van der Waals surface area contributed by atoms with E-state index in [4.69, 9.17) is 4.42 Å². The van der Waals surface area contributed by atoms with Crippen LogP contribution in [-0.4, -0.2) is 38.1 Å². The van der Waals surface area contributed by atoms with Crippen molar-refractivity contribution in [1.29, 1.82) is 0 Å². The highest BCUT2D eigenvalue weighted by Crippen LogP contribution is 1.99. The molecule has 18 heavy (non-hydrogen) atoms. The normalized spacial score (nSPS) is 11.6. The minimum absolute atomic E-state index is 0.831. The molecule has 0 radical (unpaired) electrons. The van der Waals surface area contributed by atoms with Crippen molar-refractivity contribution >= 4 is 17.7 Å². The minimum Gasteiger partial charge on any atom is -0.469 e. The molecule has 4 nitrogen and oxygen atoms in total. The molecule has 0 aliphatic rings. The topological polar surface area (TPSA) is 49.6 Å². The molecular formula is C13H23N3OS. The van der Waals surface area contributed by atoms with Gasteiger partial charge in [0.2, 0.25) is 0 Å². The van der Waals surface area contributed by atoms with Crippen molar-refractivity contribution in [2.24, 2.45) is 4.99 Å². The lowest BCUT2D eigenvalue weighted by Crippen LogP contribution is -2.38. The monoisotopic (exact) mass is 269 g/mol. The fourth-order valence-electron chi connectivity index (χ4n) is 1.56. The molecule has 0 saturated heterocycles. The number of furan rings is 1. The molecule has 0 atom stereocenters. The van der Waals surface area contributed by atoms with E-state index >= 15 is 0 Å². The lowest BCUT2D eigenvalue weighted by Gasteiger charge is -2.11. The van der Waals surface area contributed by atoms with E-state index in [0.717, 1.165) is 31.2 Å². The van der Waals surface area contributed by atoms with Gasteiger partial charge in [-0.2, -0.15) is 11.8 Å². The Morgan fingerprint density at radius 3 is 2.83 bits per heavy atom. The van der Waals surface area contributed by atoms with Gasteiger partial charge in [0.05, 0.1) is 6.26 Å². The Morgan fingerprint density at radius 1 is 1.33 bits per heavy atom. The van der Waals surface area contributed by atoms with Gasteiger partial charge < -0.3 is 15.1 Å². The molecule has 0 unspecified atom stereocenters. The molecule has 0 amide bonds. The molecule has 2 N–H and O–H groups in total. The van der Waals surface area contributed by atoms with Crippen LogP contribution in [0.3, 0.4) is 0 Å². The van der Waals surface area contributed by atoms with Crippen molar-refractivity contribution in [3.8, 4) is 0 Å². The molecule has 1 heterocycles. The number of guanidine groups is 1. The average Bonchev–Trinajstić information content (AvgIpc) is 2.89. The number of nitrogens with one attached hydrogen (secondary N) is 2. The van der Waals surface area contributed by atoms with Crippen LogP contribution >= 0.6 is 11.8 Å². The van der Waals surface area contributed by atoms with Gasteiger partial charge in [0.25, 0.3) is 0 Å². The van der Waals surface area contributed by atoms with E-state index < -0.39 is 0 Å². The predicted octanol–water partition coefficient (Wildman–Crippen LogP) is 2.13. The van der Waals surface area contributed by atoms with Crippen molar-refractivity contribution in [2.45, 2.75) is 19.3 Å². The van der Waals surface area contributed by atoms with Gasteiger partial charge in [0.1, 0.15) is 5.76 Å². The van der Waals surface area contributed by atoms with Crippen LogP contribution < -0.4 is 10.6 Å². The van der Waals surface area contributed by atoms with Gasteiger partial charge in [-0.15, -0.1) is 0 Å². The summed E-state index contributed by atoms with van der Waals surface area (Å²) in [6, 6.07) is 3.90. The first-order valence-electron chi connectivity index (χ1n) is 6.32. The van der Waals surface area contributed by atoms with Gasteiger partial charge in [0, 0.05) is 26.6 Å². The molecule has 0 fully saturated rings. The number of unbranched alkanes of at least 4 members (excludes halogenated alkanes) is 1. The van der Waals surface area contributed by atoms with Gasteiger partial charge >= 0.3 is 0 Å². The number of hydrogen-bond acceptors (Lipinski definition) is 3. The van der Waals surface area contributed by atoms with Crippen molar-refractivity contribution in [3.63, 3.8) is 0 Å². The van der Waals surface area contributed by atoms with Crippen LogP contribution in [0.2, 0.25) is 0 Å². The Bertz CT molecular complexity index is 325. The van der Waals surface area contributed by atoms with Crippen molar-refractivity contribution in [3.05, 3.63) is 24.2 Å². The zero-order valence-electron chi connectivity index (χ0n) is 11.2. The quantitative estimate of drug-likeness (QED) is 0.431. The maximum absolute atomic E-state index is 5.27. The second-order valence-corrected chi connectivity index (χ2v) is 4.94. The summed E-state index contributed by atoms with van der Waals surface area (Å²) in [5.74, 6) is 3.09. The van der Waals surface area contributed by atoms with Gasteiger partial charge in [0.15, 0.2) is 5.96 Å². The molecular weight excluding hydrogens is 246 g/mol. The molecule has 1 rings (SSSR count). The third-order valence-corrected chi connectivity index (χ3v) is 3.23. The number of aliphatic imine (C=N–C) groups is 1. The summed E-state index contributed by atoms with van der Waals surface area (Å²) in [6.45, 7) is 1.80. The van der Waals surface area contributed by atoms with Crippen molar-refractivity contribution in [2.75, 3.05) is 32.1 Å². The Labute approximate surface area is 114 Å². The Kier molecular flexibility index (Phi) is 8.21. The van der Waals surface area contributed by atoms with Crippen LogP contribution in [0.15, 0.2) is 27.8 Å². The SMILES string of the molecule is CN=C(NCCCCSC)NCCc1ccco1. The molecule has 0 spiro atoms. The molecule has 0 aliphatic carbocycles. The number of nitrogens with zero attached hydrogens (tertiary/aromatic N) is 1. The van der Waals surface area contributed by atoms with Gasteiger partial charge in [-0.05, 0) is 37.0 Å². The summed E-state index contributed by atoms with van der Waals surface area (Å²) in [6.07, 6.45) is 7.15. The Morgan fingerprint density at radius 2 is 2.17 bits per heavy atom. The number of thioether (sulfide) groups is 1. The van der Waals surface area contributed by atoms with Crippen LogP contribution in [0.1, 0.15) is 18.6 Å². The molecule has 0 saturated carbocycles. The molecule has 0 aliphatic heterocycles. The van der Waals surface area contributed by atoms with Crippen LogP contribution in [0.5, 0.6) is 0 Å². The summed E-state index contributed by atoms with van der Waals surface area (Å²) >= 11 is 1.89. The number of rotatable bonds is 8. The fourth-order valence-corrected chi connectivity index (χ4v) is 2.05. The Hall–Kier alpha value is -1.10. The minimum atomic E-state index is 0.831. The molecule has 102 valence electrons. The van der Waals surface area contributed by atoms with E-state index in [0.29, 0.717) is 0 Å². The first-order valence-corrected chi connectivity index (χ1v) is 7.72. The van der Waals surface area contributed by atoms with E-state index in [1.165, 1.54) is 18.6 Å². The highest BCUT2D eigenvalue weighted by Gasteiger charge is 1.98. The summed E-state index contributed by atoms with van der Waals surface area (Å²) in [4.78, 5) is 4.18. The van der Waals surface area contributed by atoms with Gasteiger partial charge in [-0.25, -0.2) is 0 Å². The van der Waals surface area contributed by atoms with E-state index in [1.54, 1.807) is 13.3 Å². The molecule has 1 aromatic rings. The fraction of sp³-hybridized carbons (Fsp3) is 0.615. The zero-order chi connectivity index (χ0) is 13.1. The smallest absolute Gasteiger partial charge is 0.190 e. The van der Waals surface area contributed by atoms with Gasteiger partial charge in [-0.1, -0.05) is 0 Å². The highest BCUT2D eigenvalue weighted by atomic mass is 32.2. The molecule has 0 aromatic carbocycles. The van der Waals surface area contributed by atoms with E-state index in [1.807, 2.05) is 23.9 Å². The predicted molar refractivity (Wildman–Crippen MR) is 79.4 cm³/mol. The molecule has 1 aromatic heterocycles.